The summed E-state index contributed by atoms with van der Waals surface area (Å²) in [4.78, 5) is 21.2. The topological polar surface area (TPSA) is 45.8 Å². The fourth-order valence-corrected chi connectivity index (χ4v) is 3.37. The molecule has 0 radical (unpaired) electrons. The van der Waals surface area contributed by atoms with Crippen molar-refractivity contribution in [3.05, 3.63) is 26.6 Å². The van der Waals surface area contributed by atoms with E-state index in [0.29, 0.717) is 11.7 Å². The number of H-pyrrole nitrogens is 1. The molecule has 2 aromatic heterocycles. The Kier molecular flexibility index (Phi) is 2.30. The van der Waals surface area contributed by atoms with Gasteiger partial charge in [0.15, 0.2) is 0 Å². The monoisotopic (exact) mass is 254 g/mol. The number of aromatic amines is 1. The van der Waals surface area contributed by atoms with Gasteiger partial charge in [-0.25, -0.2) is 4.98 Å². The first-order chi connectivity index (χ1) is 7.70. The van der Waals surface area contributed by atoms with E-state index in [1.165, 1.54) is 23.3 Å². The van der Waals surface area contributed by atoms with E-state index in [1.807, 2.05) is 0 Å². The summed E-state index contributed by atoms with van der Waals surface area (Å²) in [7, 11) is 0. The van der Waals surface area contributed by atoms with Crippen molar-refractivity contribution in [2.24, 2.45) is 0 Å². The second-order valence-electron chi connectivity index (χ2n) is 4.17. The van der Waals surface area contributed by atoms with Gasteiger partial charge in [0.25, 0.3) is 5.56 Å². The van der Waals surface area contributed by atoms with Gasteiger partial charge in [-0.15, -0.1) is 22.9 Å². The average molecular weight is 255 g/mol. The number of aryl methyl sites for hydroxylation is 1. The fourth-order valence-electron chi connectivity index (χ4n) is 2.11. The molecule has 0 spiro atoms. The second-order valence-corrected chi connectivity index (χ2v) is 5.64. The molecule has 1 fully saturated rings. The van der Waals surface area contributed by atoms with E-state index in [9.17, 15) is 4.79 Å². The minimum absolute atomic E-state index is 0.0353. The molecule has 0 bridgehead atoms. The van der Waals surface area contributed by atoms with E-state index < -0.39 is 0 Å². The predicted octanol–water partition coefficient (Wildman–Crippen LogP) is 2.91. The van der Waals surface area contributed by atoms with E-state index in [0.717, 1.165) is 10.2 Å². The molecule has 1 N–H and O–H groups in total. The van der Waals surface area contributed by atoms with Crippen LogP contribution in [0.2, 0.25) is 0 Å². The molecule has 1 saturated carbocycles. The minimum Gasteiger partial charge on any atom is -0.309 e. The van der Waals surface area contributed by atoms with Crippen LogP contribution >= 0.6 is 22.9 Å². The van der Waals surface area contributed by atoms with Crippen LogP contribution in [-0.4, -0.2) is 9.97 Å². The molecular formula is C11H11ClN2OS. The highest BCUT2D eigenvalue weighted by Crippen LogP contribution is 2.46. The third kappa shape index (κ3) is 1.48. The van der Waals surface area contributed by atoms with Gasteiger partial charge in [0.1, 0.15) is 10.7 Å². The van der Waals surface area contributed by atoms with E-state index in [-0.39, 0.29) is 11.4 Å². The molecule has 0 aromatic carbocycles. The van der Waals surface area contributed by atoms with Crippen LogP contribution in [0.5, 0.6) is 0 Å². The zero-order chi connectivity index (χ0) is 11.3. The summed E-state index contributed by atoms with van der Waals surface area (Å²) in [5.74, 6) is 1.39. The van der Waals surface area contributed by atoms with Crippen LogP contribution < -0.4 is 5.56 Å². The smallest absolute Gasteiger partial charge is 0.259 e. The molecule has 2 aromatic rings. The number of thiophene rings is 1. The van der Waals surface area contributed by atoms with Gasteiger partial charge in [-0.1, -0.05) is 0 Å². The minimum atomic E-state index is -0.0353. The van der Waals surface area contributed by atoms with Gasteiger partial charge < -0.3 is 4.98 Å². The second kappa shape index (κ2) is 3.57. The molecule has 2 heterocycles. The van der Waals surface area contributed by atoms with Gasteiger partial charge in [-0.3, -0.25) is 4.79 Å². The Morgan fingerprint density at radius 1 is 1.56 bits per heavy atom. The lowest BCUT2D eigenvalue weighted by atomic mass is 10.1. The first-order valence-corrected chi connectivity index (χ1v) is 6.64. The lowest BCUT2D eigenvalue weighted by molar-refractivity contribution is 1.03. The van der Waals surface area contributed by atoms with Gasteiger partial charge in [0, 0.05) is 4.88 Å². The van der Waals surface area contributed by atoms with Gasteiger partial charge in [0.2, 0.25) is 0 Å². The number of alkyl halides is 1. The number of halogens is 1. The maximum absolute atomic E-state index is 12.0. The molecule has 1 aliphatic rings. The van der Waals surface area contributed by atoms with Crippen LogP contribution in [0, 0.1) is 6.92 Å². The van der Waals surface area contributed by atoms with Gasteiger partial charge in [0.05, 0.1) is 11.3 Å². The normalized spacial score (nSPS) is 15.9. The SMILES string of the molecule is Cc1sc2nc(CCl)[nH]c(=O)c2c1C1CC1. The standard InChI is InChI=1S/C11H11ClN2OS/c1-5-8(6-2-3-6)9-10(15)13-7(4-12)14-11(9)16-5/h6H,2-4H2,1H3,(H,13,14,15). The highest BCUT2D eigenvalue weighted by atomic mass is 35.5. The molecule has 16 heavy (non-hydrogen) atoms. The van der Waals surface area contributed by atoms with E-state index in [1.54, 1.807) is 11.3 Å². The van der Waals surface area contributed by atoms with Crippen LogP contribution in [0.15, 0.2) is 4.79 Å². The van der Waals surface area contributed by atoms with Crippen molar-refractivity contribution in [1.82, 2.24) is 9.97 Å². The molecule has 1 aliphatic carbocycles. The predicted molar refractivity (Wildman–Crippen MR) is 66.5 cm³/mol. The molecule has 5 heteroatoms. The zero-order valence-corrected chi connectivity index (χ0v) is 10.4. The number of hydrogen-bond acceptors (Lipinski definition) is 3. The third-order valence-electron chi connectivity index (χ3n) is 2.95. The average Bonchev–Trinajstić information content (AvgIpc) is 3.01. The molecule has 84 valence electrons. The zero-order valence-electron chi connectivity index (χ0n) is 8.84. The number of rotatable bonds is 2. The summed E-state index contributed by atoms with van der Waals surface area (Å²) in [6.07, 6.45) is 2.40. The number of nitrogens with zero attached hydrogens (tertiary/aromatic N) is 1. The molecule has 3 rings (SSSR count). The van der Waals surface area contributed by atoms with Crippen LogP contribution in [-0.2, 0) is 5.88 Å². The van der Waals surface area contributed by atoms with Crippen molar-refractivity contribution in [2.45, 2.75) is 31.6 Å². The lowest BCUT2D eigenvalue weighted by Crippen LogP contribution is -2.10. The summed E-state index contributed by atoms with van der Waals surface area (Å²) >= 11 is 7.29. The largest absolute Gasteiger partial charge is 0.309 e. The maximum atomic E-state index is 12.0. The Morgan fingerprint density at radius 3 is 2.94 bits per heavy atom. The van der Waals surface area contributed by atoms with Crippen molar-refractivity contribution in [3.63, 3.8) is 0 Å². The Labute approximate surface area is 101 Å². The molecule has 0 unspecified atom stereocenters. The summed E-state index contributed by atoms with van der Waals surface area (Å²) in [5.41, 5.74) is 1.18. The molecule has 0 aliphatic heterocycles. The van der Waals surface area contributed by atoms with E-state index in [4.69, 9.17) is 11.6 Å². The summed E-state index contributed by atoms with van der Waals surface area (Å²) < 4.78 is 0. The van der Waals surface area contributed by atoms with Crippen molar-refractivity contribution in [1.29, 1.82) is 0 Å². The molecule has 3 nitrogen and oxygen atoms in total. The number of aromatic nitrogens is 2. The van der Waals surface area contributed by atoms with E-state index >= 15 is 0 Å². The molecule has 0 amide bonds. The third-order valence-corrected chi connectivity index (χ3v) is 4.21. The number of nitrogens with one attached hydrogen (secondary N) is 1. The summed E-state index contributed by atoms with van der Waals surface area (Å²) in [6, 6.07) is 0. The van der Waals surface area contributed by atoms with Gasteiger partial charge in [-0.2, -0.15) is 0 Å². The van der Waals surface area contributed by atoms with Crippen LogP contribution in [0.3, 0.4) is 0 Å². The highest BCUT2D eigenvalue weighted by Gasteiger charge is 2.30. The van der Waals surface area contributed by atoms with Crippen molar-refractivity contribution in [2.75, 3.05) is 0 Å². The number of hydrogen-bond donors (Lipinski definition) is 1. The maximum Gasteiger partial charge on any atom is 0.259 e. The Morgan fingerprint density at radius 2 is 2.31 bits per heavy atom. The summed E-state index contributed by atoms with van der Waals surface area (Å²) in [5, 5.41) is 0.791. The van der Waals surface area contributed by atoms with Crippen molar-refractivity contribution < 1.29 is 0 Å². The quantitative estimate of drug-likeness (QED) is 0.838. The first-order valence-electron chi connectivity index (χ1n) is 5.29. The first kappa shape index (κ1) is 10.3. The highest BCUT2D eigenvalue weighted by molar-refractivity contribution is 7.18. The van der Waals surface area contributed by atoms with Gasteiger partial charge >= 0.3 is 0 Å². The van der Waals surface area contributed by atoms with Crippen LogP contribution in [0.25, 0.3) is 10.2 Å². The van der Waals surface area contributed by atoms with Crippen LogP contribution in [0.1, 0.15) is 35.0 Å². The number of fused-ring (bicyclic) bond motifs is 1. The Bertz CT molecular complexity index is 612. The molecular weight excluding hydrogens is 244 g/mol. The van der Waals surface area contributed by atoms with Crippen molar-refractivity contribution >= 4 is 33.2 Å². The van der Waals surface area contributed by atoms with Crippen LogP contribution in [0.4, 0.5) is 0 Å². The molecule has 0 saturated heterocycles. The molecule has 0 atom stereocenters. The lowest BCUT2D eigenvalue weighted by Gasteiger charge is -1.98. The van der Waals surface area contributed by atoms with E-state index in [2.05, 4.69) is 16.9 Å². The Hall–Kier alpha value is -0.870. The van der Waals surface area contributed by atoms with Gasteiger partial charge in [-0.05, 0) is 31.2 Å². The summed E-state index contributed by atoms with van der Waals surface area (Å²) in [6.45, 7) is 2.07. The van der Waals surface area contributed by atoms with Crippen molar-refractivity contribution in [3.8, 4) is 0 Å². The fraction of sp³-hybridized carbons (Fsp3) is 0.455. The Balaban J connectivity index is 2.35.